The number of rotatable bonds is 11. The number of amides is 1. The first kappa shape index (κ1) is 35.1. The third kappa shape index (κ3) is 7.40. The molecule has 2 bridgehead atoms. The molecule has 4 aromatic rings. The second-order valence-electron chi connectivity index (χ2n) is 12.5. The molecule has 0 aliphatic carbocycles. The van der Waals surface area contributed by atoms with Crippen molar-refractivity contribution in [3.05, 3.63) is 116 Å². The van der Waals surface area contributed by atoms with E-state index in [2.05, 4.69) is 4.90 Å². The normalized spacial score (nSPS) is 18.7. The molecule has 3 aliphatic heterocycles. The van der Waals surface area contributed by atoms with Crippen molar-refractivity contribution in [3.8, 4) is 17.2 Å². The number of aromatic carboxylic acids is 1. The van der Waals surface area contributed by atoms with Crippen LogP contribution in [0.25, 0.3) is 0 Å². The van der Waals surface area contributed by atoms with E-state index in [4.69, 9.17) is 37.4 Å². The van der Waals surface area contributed by atoms with Crippen molar-refractivity contribution in [2.24, 2.45) is 5.92 Å². The number of anilines is 1. The lowest BCUT2D eigenvalue weighted by atomic mass is 9.80. The molecule has 0 radical (unpaired) electrons. The van der Waals surface area contributed by atoms with E-state index in [1.807, 2.05) is 0 Å². The summed E-state index contributed by atoms with van der Waals surface area (Å²) in [4.78, 5) is 30.8. The van der Waals surface area contributed by atoms with E-state index in [-0.39, 0.29) is 46.3 Å². The Hall–Kier alpha value is -4.71. The average Bonchev–Trinajstić information content (AvgIpc) is 3.10. The van der Waals surface area contributed by atoms with Gasteiger partial charge < -0.3 is 29.6 Å². The molecular formula is C37H37Cl2N3O8. The Morgan fingerprint density at radius 1 is 1.00 bits per heavy atom. The molecule has 0 spiro atoms. The van der Waals surface area contributed by atoms with Gasteiger partial charge in [0.05, 0.1) is 32.0 Å². The lowest BCUT2D eigenvalue weighted by Gasteiger charge is -2.44. The number of carbonyl (C=O) groups excluding carboxylic acids is 1. The van der Waals surface area contributed by atoms with Crippen molar-refractivity contribution in [1.29, 1.82) is 0 Å². The van der Waals surface area contributed by atoms with Crippen LogP contribution in [0.4, 0.5) is 10.5 Å². The number of piperidine rings is 3. The topological polar surface area (TPSA) is 136 Å². The van der Waals surface area contributed by atoms with Gasteiger partial charge >= 0.3 is 12.1 Å². The fraction of sp³-hybridized carbons (Fsp3) is 0.324. The molecule has 3 aromatic carbocycles. The Morgan fingerprint density at radius 2 is 1.70 bits per heavy atom. The summed E-state index contributed by atoms with van der Waals surface area (Å²) in [5.74, 6) is -0.824. The number of carboxylic acids is 1. The first-order valence-corrected chi connectivity index (χ1v) is 16.9. The standard InChI is InChI=1S/C37H37Cl2N3O8/c1-48-32-10-9-23(15-33(32)49-2)28(17-29-30(38)19-41(47)20-31(29)39)35-24(5-3-8-27(35)36(44)45)18-42(25-6-4-7-26(43)16-25)37(46)50-34-21-40-13-11-22(34)12-14-40/h3-10,15-16,19-20,22,28,34,43H,11-14,17-18,21H2,1-2H3,(H,44,45)/t28-,34-/m0/s1. The number of fused-ring (bicyclic) bond motifs is 3. The fourth-order valence-electron chi connectivity index (χ4n) is 7.06. The Bertz CT molecular complexity index is 1880. The molecule has 3 aliphatic rings. The number of nitrogens with zero attached hydrogens (tertiary/aromatic N) is 3. The zero-order chi connectivity index (χ0) is 35.5. The predicted octanol–water partition coefficient (Wildman–Crippen LogP) is 6.66. The van der Waals surface area contributed by atoms with Crippen LogP contribution in [-0.4, -0.2) is 67.1 Å². The van der Waals surface area contributed by atoms with Gasteiger partial charge in [-0.3, -0.25) is 9.80 Å². The summed E-state index contributed by atoms with van der Waals surface area (Å²) in [6.45, 7) is 2.50. The highest BCUT2D eigenvalue weighted by atomic mass is 35.5. The van der Waals surface area contributed by atoms with Gasteiger partial charge in [0, 0.05) is 24.1 Å². The summed E-state index contributed by atoms with van der Waals surface area (Å²) in [6, 6.07) is 16.4. The van der Waals surface area contributed by atoms with Gasteiger partial charge in [-0.25, -0.2) is 9.59 Å². The van der Waals surface area contributed by atoms with Crippen molar-refractivity contribution in [2.45, 2.75) is 37.8 Å². The number of benzene rings is 3. The molecule has 3 saturated heterocycles. The van der Waals surface area contributed by atoms with E-state index in [1.54, 1.807) is 42.5 Å². The summed E-state index contributed by atoms with van der Waals surface area (Å²) >= 11 is 13.2. The van der Waals surface area contributed by atoms with Gasteiger partial charge in [-0.05, 0) is 85.3 Å². The summed E-state index contributed by atoms with van der Waals surface area (Å²) in [6.07, 6.45) is 3.44. The van der Waals surface area contributed by atoms with Crippen molar-refractivity contribution in [1.82, 2.24) is 4.90 Å². The maximum Gasteiger partial charge on any atom is 0.414 e. The van der Waals surface area contributed by atoms with Crippen molar-refractivity contribution >= 4 is 41.0 Å². The third-order valence-electron chi connectivity index (χ3n) is 9.59. The minimum Gasteiger partial charge on any atom is -0.619 e. The van der Waals surface area contributed by atoms with E-state index in [0.717, 1.165) is 25.9 Å². The third-order valence-corrected chi connectivity index (χ3v) is 10.2. The molecule has 262 valence electrons. The lowest BCUT2D eigenvalue weighted by Crippen LogP contribution is -2.53. The first-order valence-electron chi connectivity index (χ1n) is 16.2. The van der Waals surface area contributed by atoms with E-state index in [9.17, 15) is 25.0 Å². The smallest absolute Gasteiger partial charge is 0.414 e. The quantitative estimate of drug-likeness (QED) is 0.129. The number of ether oxygens (including phenoxy) is 3. The van der Waals surface area contributed by atoms with E-state index < -0.39 is 18.0 Å². The number of pyridine rings is 1. The molecule has 13 heteroatoms. The highest BCUT2D eigenvalue weighted by molar-refractivity contribution is 6.35. The monoisotopic (exact) mass is 721 g/mol. The molecule has 4 heterocycles. The number of phenols is 1. The molecule has 2 atom stereocenters. The van der Waals surface area contributed by atoms with Crippen molar-refractivity contribution in [2.75, 3.05) is 38.8 Å². The number of hydrogen-bond acceptors (Lipinski definition) is 8. The van der Waals surface area contributed by atoms with Gasteiger partial charge in [0.25, 0.3) is 0 Å². The van der Waals surface area contributed by atoms with Crippen LogP contribution in [0.3, 0.4) is 0 Å². The van der Waals surface area contributed by atoms with Crippen LogP contribution in [-0.2, 0) is 17.7 Å². The second kappa shape index (κ2) is 15.0. The zero-order valence-electron chi connectivity index (χ0n) is 27.6. The Balaban J connectivity index is 1.49. The minimum atomic E-state index is -1.19. The predicted molar refractivity (Wildman–Crippen MR) is 188 cm³/mol. The van der Waals surface area contributed by atoms with Crippen LogP contribution >= 0.6 is 23.2 Å². The maximum atomic E-state index is 14.1. The lowest BCUT2D eigenvalue weighted by molar-refractivity contribution is -0.605. The molecule has 2 N–H and O–H groups in total. The Labute approximate surface area is 299 Å². The molecule has 3 fully saturated rings. The summed E-state index contributed by atoms with van der Waals surface area (Å²) in [5, 5.41) is 33.3. The summed E-state index contributed by atoms with van der Waals surface area (Å²) in [5.41, 5.74) is 2.32. The highest BCUT2D eigenvalue weighted by Crippen LogP contribution is 2.41. The fourth-order valence-corrected chi connectivity index (χ4v) is 7.66. The second-order valence-corrected chi connectivity index (χ2v) is 13.3. The van der Waals surface area contributed by atoms with E-state index in [1.165, 1.54) is 49.7 Å². The summed E-state index contributed by atoms with van der Waals surface area (Å²) < 4.78 is 17.7. The zero-order valence-corrected chi connectivity index (χ0v) is 29.1. The Morgan fingerprint density at radius 3 is 2.32 bits per heavy atom. The van der Waals surface area contributed by atoms with Crippen LogP contribution < -0.4 is 19.1 Å². The number of phenolic OH excluding ortho intramolecular Hbond substituents is 1. The highest BCUT2D eigenvalue weighted by Gasteiger charge is 2.38. The maximum absolute atomic E-state index is 14.1. The molecule has 0 saturated carbocycles. The van der Waals surface area contributed by atoms with Gasteiger partial charge in [-0.15, -0.1) is 0 Å². The van der Waals surface area contributed by atoms with Gasteiger partial charge in [0.15, 0.2) is 23.9 Å². The van der Waals surface area contributed by atoms with Crippen LogP contribution in [0, 0.1) is 11.1 Å². The number of hydrogen-bond donors (Lipinski definition) is 2. The van der Waals surface area contributed by atoms with Crippen LogP contribution in [0.5, 0.6) is 17.2 Å². The number of methoxy groups -OCH3 is 2. The van der Waals surface area contributed by atoms with Gasteiger partial charge in [-0.1, -0.05) is 47.5 Å². The van der Waals surface area contributed by atoms with Gasteiger partial charge in [0.2, 0.25) is 0 Å². The van der Waals surface area contributed by atoms with Crippen LogP contribution in [0.2, 0.25) is 10.0 Å². The number of halogens is 2. The minimum absolute atomic E-state index is 0.00836. The van der Waals surface area contributed by atoms with Gasteiger partial charge in [0.1, 0.15) is 21.9 Å². The van der Waals surface area contributed by atoms with Crippen molar-refractivity contribution in [3.63, 3.8) is 0 Å². The molecular weight excluding hydrogens is 685 g/mol. The van der Waals surface area contributed by atoms with Crippen LogP contribution in [0.1, 0.15) is 51.4 Å². The Kier molecular flexibility index (Phi) is 10.6. The molecule has 1 amide bonds. The van der Waals surface area contributed by atoms with E-state index >= 15 is 0 Å². The van der Waals surface area contributed by atoms with Gasteiger partial charge in [-0.2, -0.15) is 4.73 Å². The number of carbonyl (C=O) groups is 2. The largest absolute Gasteiger partial charge is 0.619 e. The SMILES string of the molecule is COc1ccc([C@H](Cc2c(Cl)c[n+]([O-])cc2Cl)c2c(CN(C(=O)O[C@H]3CN4CCC3CC4)c3cccc(O)c3)cccc2C(=O)O)cc1OC. The number of aromatic hydroxyl groups is 1. The first-order chi connectivity index (χ1) is 24.1. The summed E-state index contributed by atoms with van der Waals surface area (Å²) in [7, 11) is 3.01. The number of aromatic nitrogens is 1. The molecule has 1 aromatic heterocycles. The molecule has 7 rings (SSSR count). The van der Waals surface area contributed by atoms with Crippen LogP contribution in [0.15, 0.2) is 73.1 Å². The molecule has 0 unspecified atom stereocenters. The molecule has 11 nitrogen and oxygen atoms in total. The van der Waals surface area contributed by atoms with E-state index in [0.29, 0.717) is 50.7 Å². The molecule has 50 heavy (non-hydrogen) atoms. The van der Waals surface area contributed by atoms with Crippen molar-refractivity contribution < 1.29 is 38.7 Å². The number of carboxylic acid groups (broad SMARTS) is 1. The average molecular weight is 723 g/mol.